The lowest BCUT2D eigenvalue weighted by Gasteiger charge is -2.22. The number of alkyl carbamates (subject to hydrolysis) is 1. The Hall–Kier alpha value is -3.09. The molecule has 3 N–H and O–H groups in total. The predicted octanol–water partition coefficient (Wildman–Crippen LogP) is 2.49. The molecule has 1 heterocycles. The maximum atomic E-state index is 12.5. The number of carbonyl (C=O) groups is 3. The third kappa shape index (κ3) is 5.44. The maximum absolute atomic E-state index is 12.5. The molecule has 0 aliphatic carbocycles. The van der Waals surface area contributed by atoms with Gasteiger partial charge in [0.2, 0.25) is 0 Å². The standard InChI is InChI=1S/C20H24N2O5/c1-12(27-19(26)22-20(2,3)4)16(23)15-17(24)14(21-18(15)25)11-10-13-8-6-5-7-9-13/h5-12,14,23H,1-4H3,(H,21,25)(H,22,26). The van der Waals surface area contributed by atoms with Gasteiger partial charge in [0, 0.05) is 5.54 Å². The summed E-state index contributed by atoms with van der Waals surface area (Å²) in [6.07, 6.45) is 1.36. The molecule has 1 aliphatic heterocycles. The van der Waals surface area contributed by atoms with Crippen LogP contribution in [0, 0.1) is 0 Å². The summed E-state index contributed by atoms with van der Waals surface area (Å²) in [5, 5.41) is 15.4. The van der Waals surface area contributed by atoms with Gasteiger partial charge in [0.1, 0.15) is 17.4 Å². The second kappa shape index (κ2) is 8.07. The smallest absolute Gasteiger partial charge is 0.408 e. The van der Waals surface area contributed by atoms with Gasteiger partial charge in [-0.15, -0.1) is 0 Å². The average molecular weight is 372 g/mol. The first-order valence-corrected chi connectivity index (χ1v) is 8.59. The summed E-state index contributed by atoms with van der Waals surface area (Å²) in [6.45, 7) is 6.71. The minimum atomic E-state index is -1.14. The van der Waals surface area contributed by atoms with Crippen LogP contribution in [0.3, 0.4) is 0 Å². The summed E-state index contributed by atoms with van der Waals surface area (Å²) in [4.78, 5) is 36.4. The van der Waals surface area contributed by atoms with Crippen molar-refractivity contribution >= 4 is 23.9 Å². The zero-order valence-corrected chi connectivity index (χ0v) is 15.8. The maximum Gasteiger partial charge on any atom is 0.408 e. The van der Waals surface area contributed by atoms with Gasteiger partial charge in [-0.2, -0.15) is 0 Å². The number of hydrogen-bond donors (Lipinski definition) is 3. The van der Waals surface area contributed by atoms with Crippen LogP contribution in [0.2, 0.25) is 0 Å². The molecule has 144 valence electrons. The van der Waals surface area contributed by atoms with Crippen LogP contribution < -0.4 is 10.6 Å². The van der Waals surface area contributed by atoms with Crippen molar-refractivity contribution in [3.8, 4) is 0 Å². The van der Waals surface area contributed by atoms with Crippen molar-refractivity contribution in [2.45, 2.75) is 45.4 Å². The minimum Gasteiger partial charge on any atom is -0.507 e. The molecule has 1 fully saturated rings. The van der Waals surface area contributed by atoms with E-state index in [2.05, 4.69) is 10.6 Å². The van der Waals surface area contributed by atoms with E-state index >= 15 is 0 Å². The quantitative estimate of drug-likeness (QED) is 0.428. The van der Waals surface area contributed by atoms with Crippen LogP contribution in [-0.4, -0.2) is 40.6 Å². The summed E-state index contributed by atoms with van der Waals surface area (Å²) < 4.78 is 5.05. The molecule has 0 saturated carbocycles. The number of Topliss-reactive ketones (excluding diaryl/α,β-unsaturated/α-hetero) is 1. The van der Waals surface area contributed by atoms with Crippen LogP contribution in [0.5, 0.6) is 0 Å². The summed E-state index contributed by atoms with van der Waals surface area (Å²) in [5.41, 5.74) is -0.0431. The number of hydrogen-bond acceptors (Lipinski definition) is 5. The fourth-order valence-electron chi connectivity index (χ4n) is 2.45. The monoisotopic (exact) mass is 372 g/mol. The number of carbonyl (C=O) groups excluding carboxylic acids is 3. The Kier molecular flexibility index (Phi) is 6.05. The molecular weight excluding hydrogens is 348 g/mol. The Morgan fingerprint density at radius 1 is 1.26 bits per heavy atom. The number of ether oxygens (including phenoxy) is 1. The van der Waals surface area contributed by atoms with E-state index in [-0.39, 0.29) is 0 Å². The van der Waals surface area contributed by atoms with Crippen LogP contribution >= 0.6 is 0 Å². The van der Waals surface area contributed by atoms with Gasteiger partial charge in [0.25, 0.3) is 5.91 Å². The third-order valence-corrected chi connectivity index (χ3v) is 3.73. The predicted molar refractivity (Wildman–Crippen MR) is 101 cm³/mol. The van der Waals surface area contributed by atoms with E-state index < -0.39 is 46.8 Å². The van der Waals surface area contributed by atoms with E-state index in [0.29, 0.717) is 0 Å². The number of aliphatic hydroxyl groups is 1. The highest BCUT2D eigenvalue weighted by Gasteiger charge is 2.38. The van der Waals surface area contributed by atoms with E-state index in [1.807, 2.05) is 30.3 Å². The zero-order valence-electron chi connectivity index (χ0n) is 15.8. The molecule has 1 aromatic carbocycles. The molecule has 2 atom stereocenters. The van der Waals surface area contributed by atoms with E-state index in [0.717, 1.165) is 5.56 Å². The molecule has 27 heavy (non-hydrogen) atoms. The lowest BCUT2D eigenvalue weighted by atomic mass is 10.1. The molecule has 0 radical (unpaired) electrons. The largest absolute Gasteiger partial charge is 0.507 e. The topological polar surface area (TPSA) is 105 Å². The van der Waals surface area contributed by atoms with Gasteiger partial charge in [0.05, 0.1) is 0 Å². The number of aliphatic hydroxyl groups excluding tert-OH is 1. The molecule has 1 aromatic rings. The summed E-state index contributed by atoms with van der Waals surface area (Å²) >= 11 is 0. The molecule has 2 rings (SSSR count). The fraction of sp³-hybridized carbons (Fsp3) is 0.350. The number of nitrogens with one attached hydrogen (secondary N) is 2. The highest BCUT2D eigenvalue weighted by atomic mass is 16.6. The number of ketones is 1. The second-order valence-electron chi connectivity index (χ2n) is 7.27. The molecular formula is C20H24N2O5. The Bertz CT molecular complexity index is 790. The van der Waals surface area contributed by atoms with Crippen molar-refractivity contribution < 1.29 is 24.2 Å². The van der Waals surface area contributed by atoms with E-state index in [1.165, 1.54) is 6.92 Å². The Morgan fingerprint density at radius 2 is 1.89 bits per heavy atom. The molecule has 2 unspecified atom stereocenters. The zero-order chi connectivity index (χ0) is 20.2. The average Bonchev–Trinajstić information content (AvgIpc) is 2.85. The first kappa shape index (κ1) is 20.2. The second-order valence-corrected chi connectivity index (χ2v) is 7.27. The summed E-state index contributed by atoms with van der Waals surface area (Å²) in [7, 11) is 0. The summed E-state index contributed by atoms with van der Waals surface area (Å²) in [6, 6.07) is 8.41. The van der Waals surface area contributed by atoms with Crippen LogP contribution in [0.15, 0.2) is 47.7 Å². The molecule has 0 aromatic heterocycles. The Labute approximate surface area is 158 Å². The number of benzene rings is 1. The lowest BCUT2D eigenvalue weighted by molar-refractivity contribution is -0.117. The van der Waals surface area contributed by atoms with E-state index in [4.69, 9.17) is 4.74 Å². The molecule has 1 aliphatic rings. The SMILES string of the molecule is CC(OC(=O)NC(C)(C)C)C(O)=C1C(=O)NC(C=Cc2ccccc2)C1=O. The van der Waals surface area contributed by atoms with E-state index in [1.54, 1.807) is 32.9 Å². The van der Waals surface area contributed by atoms with Crippen molar-refractivity contribution in [2.24, 2.45) is 0 Å². The van der Waals surface area contributed by atoms with Gasteiger partial charge in [-0.3, -0.25) is 9.59 Å². The van der Waals surface area contributed by atoms with Crippen LogP contribution in [0.25, 0.3) is 6.08 Å². The van der Waals surface area contributed by atoms with Crippen molar-refractivity contribution in [3.63, 3.8) is 0 Å². The molecule has 7 nitrogen and oxygen atoms in total. The third-order valence-electron chi connectivity index (χ3n) is 3.73. The van der Waals surface area contributed by atoms with Crippen LogP contribution in [0.1, 0.15) is 33.3 Å². The van der Waals surface area contributed by atoms with E-state index in [9.17, 15) is 19.5 Å². The van der Waals surface area contributed by atoms with Crippen LogP contribution in [0.4, 0.5) is 4.79 Å². The van der Waals surface area contributed by atoms with Gasteiger partial charge in [-0.1, -0.05) is 42.5 Å². The van der Waals surface area contributed by atoms with Crippen molar-refractivity contribution in [3.05, 3.63) is 53.3 Å². The number of rotatable bonds is 4. The fourth-order valence-corrected chi connectivity index (χ4v) is 2.45. The lowest BCUT2D eigenvalue weighted by Crippen LogP contribution is -2.42. The van der Waals surface area contributed by atoms with Gasteiger partial charge < -0.3 is 20.5 Å². The molecule has 2 amide bonds. The number of amides is 2. The van der Waals surface area contributed by atoms with Gasteiger partial charge in [-0.05, 0) is 33.3 Å². The van der Waals surface area contributed by atoms with Crippen molar-refractivity contribution in [1.82, 2.24) is 10.6 Å². The van der Waals surface area contributed by atoms with Gasteiger partial charge in [-0.25, -0.2) is 4.79 Å². The minimum absolute atomic E-state index is 0.395. The molecule has 0 spiro atoms. The molecule has 0 bridgehead atoms. The highest BCUT2D eigenvalue weighted by Crippen LogP contribution is 2.19. The van der Waals surface area contributed by atoms with Gasteiger partial charge in [0.15, 0.2) is 11.9 Å². The Morgan fingerprint density at radius 3 is 2.48 bits per heavy atom. The first-order valence-electron chi connectivity index (χ1n) is 8.59. The molecule has 7 heteroatoms. The van der Waals surface area contributed by atoms with Crippen molar-refractivity contribution in [2.75, 3.05) is 0 Å². The van der Waals surface area contributed by atoms with Crippen molar-refractivity contribution in [1.29, 1.82) is 0 Å². The Balaban J connectivity index is 2.12. The van der Waals surface area contributed by atoms with Crippen LogP contribution in [-0.2, 0) is 14.3 Å². The summed E-state index contributed by atoms with van der Waals surface area (Å²) in [5.74, 6) is -1.85. The normalized spacial score (nSPS) is 20.4. The highest BCUT2D eigenvalue weighted by molar-refractivity contribution is 6.27. The first-order chi connectivity index (χ1) is 12.6. The van der Waals surface area contributed by atoms with Gasteiger partial charge >= 0.3 is 6.09 Å². The molecule has 1 saturated heterocycles.